The topological polar surface area (TPSA) is 29.3 Å². The lowest BCUT2D eigenvalue weighted by Crippen LogP contribution is -2.32. The molecule has 1 atom stereocenters. The van der Waals surface area contributed by atoms with Crippen molar-refractivity contribution in [2.45, 2.75) is 25.6 Å². The van der Waals surface area contributed by atoms with Crippen LogP contribution in [0.25, 0.3) is 0 Å². The molecule has 0 aliphatic carbocycles. The van der Waals surface area contributed by atoms with Crippen molar-refractivity contribution in [2.75, 3.05) is 18.5 Å². The van der Waals surface area contributed by atoms with E-state index in [1.807, 2.05) is 6.92 Å². The molecule has 17 heavy (non-hydrogen) atoms. The maximum atomic E-state index is 12.3. The lowest BCUT2D eigenvalue weighted by Gasteiger charge is -2.25. The standard InChI is InChI=1S/C12H17F3N2/c1-3-10(16)9-6-4-5-7-11(9)17(2)8-12(13,14)15/h4-7,10H,3,8,16H2,1-2H3. The zero-order valence-electron chi connectivity index (χ0n) is 9.96. The van der Waals surface area contributed by atoms with Crippen molar-refractivity contribution < 1.29 is 13.2 Å². The molecule has 2 nitrogen and oxygen atoms in total. The molecule has 0 aliphatic heterocycles. The van der Waals surface area contributed by atoms with Gasteiger partial charge >= 0.3 is 6.18 Å². The van der Waals surface area contributed by atoms with Gasteiger partial charge < -0.3 is 10.6 Å². The van der Waals surface area contributed by atoms with Crippen molar-refractivity contribution in [1.82, 2.24) is 0 Å². The third kappa shape index (κ3) is 3.93. The Bertz CT molecular complexity index is 363. The van der Waals surface area contributed by atoms with Crippen molar-refractivity contribution in [3.05, 3.63) is 29.8 Å². The Hall–Kier alpha value is -1.23. The second-order valence-corrected chi connectivity index (χ2v) is 4.04. The molecule has 1 aromatic carbocycles. The van der Waals surface area contributed by atoms with Crippen LogP contribution in [0.4, 0.5) is 18.9 Å². The molecule has 5 heteroatoms. The largest absolute Gasteiger partial charge is 0.405 e. The van der Waals surface area contributed by atoms with E-state index in [0.29, 0.717) is 12.1 Å². The summed E-state index contributed by atoms with van der Waals surface area (Å²) in [6.07, 6.45) is -3.52. The van der Waals surface area contributed by atoms with Gasteiger partial charge in [-0.3, -0.25) is 0 Å². The molecule has 96 valence electrons. The summed E-state index contributed by atoms with van der Waals surface area (Å²) in [7, 11) is 1.43. The first-order valence-corrected chi connectivity index (χ1v) is 5.47. The Morgan fingerprint density at radius 3 is 2.41 bits per heavy atom. The molecule has 0 saturated carbocycles. The highest BCUT2D eigenvalue weighted by Gasteiger charge is 2.30. The van der Waals surface area contributed by atoms with Crippen molar-refractivity contribution in [1.29, 1.82) is 0 Å². The average Bonchev–Trinajstić information content (AvgIpc) is 2.25. The van der Waals surface area contributed by atoms with E-state index in [1.54, 1.807) is 24.3 Å². The summed E-state index contributed by atoms with van der Waals surface area (Å²) in [5.41, 5.74) is 7.18. The van der Waals surface area contributed by atoms with E-state index >= 15 is 0 Å². The number of alkyl halides is 3. The molecule has 0 bridgehead atoms. The average molecular weight is 246 g/mol. The summed E-state index contributed by atoms with van der Waals surface area (Å²) in [5.74, 6) is 0. The fraction of sp³-hybridized carbons (Fsp3) is 0.500. The van der Waals surface area contributed by atoms with E-state index in [9.17, 15) is 13.2 Å². The molecule has 0 spiro atoms. The minimum absolute atomic E-state index is 0.234. The monoisotopic (exact) mass is 246 g/mol. The summed E-state index contributed by atoms with van der Waals surface area (Å²) >= 11 is 0. The predicted octanol–water partition coefficient (Wildman–Crippen LogP) is 3.09. The first-order valence-electron chi connectivity index (χ1n) is 5.47. The second-order valence-electron chi connectivity index (χ2n) is 4.04. The maximum Gasteiger partial charge on any atom is 0.405 e. The molecular formula is C12H17F3N2. The van der Waals surface area contributed by atoms with Gasteiger partial charge in [0.2, 0.25) is 0 Å². The highest BCUT2D eigenvalue weighted by molar-refractivity contribution is 5.54. The van der Waals surface area contributed by atoms with Crippen molar-refractivity contribution >= 4 is 5.69 Å². The van der Waals surface area contributed by atoms with Gasteiger partial charge in [-0.1, -0.05) is 25.1 Å². The summed E-state index contributed by atoms with van der Waals surface area (Å²) in [5, 5.41) is 0. The Labute approximate surface area is 99.2 Å². The molecular weight excluding hydrogens is 229 g/mol. The molecule has 0 aromatic heterocycles. The highest BCUT2D eigenvalue weighted by atomic mass is 19.4. The summed E-state index contributed by atoms with van der Waals surface area (Å²) in [4.78, 5) is 1.19. The number of para-hydroxylation sites is 1. The molecule has 0 heterocycles. The molecule has 0 amide bonds. The SMILES string of the molecule is CCC(N)c1ccccc1N(C)CC(F)(F)F. The lowest BCUT2D eigenvalue weighted by molar-refractivity contribution is -0.119. The first-order chi connectivity index (χ1) is 7.85. The van der Waals surface area contributed by atoms with Crippen LogP contribution in [0.3, 0.4) is 0 Å². The van der Waals surface area contributed by atoms with E-state index in [1.165, 1.54) is 11.9 Å². The van der Waals surface area contributed by atoms with Gasteiger partial charge in [0, 0.05) is 18.8 Å². The number of hydrogen-bond donors (Lipinski definition) is 1. The molecule has 0 radical (unpaired) electrons. The van der Waals surface area contributed by atoms with Crippen LogP contribution >= 0.6 is 0 Å². The molecule has 2 N–H and O–H groups in total. The van der Waals surface area contributed by atoms with Gasteiger partial charge in [0.1, 0.15) is 6.54 Å². The van der Waals surface area contributed by atoms with E-state index in [4.69, 9.17) is 5.73 Å². The van der Waals surface area contributed by atoms with E-state index in [0.717, 1.165) is 5.56 Å². The number of hydrogen-bond acceptors (Lipinski definition) is 2. The van der Waals surface area contributed by atoms with Crippen LogP contribution in [-0.4, -0.2) is 19.8 Å². The zero-order chi connectivity index (χ0) is 13.1. The van der Waals surface area contributed by atoms with Crippen LogP contribution in [0.2, 0.25) is 0 Å². The molecule has 1 unspecified atom stereocenters. The third-order valence-corrected chi connectivity index (χ3v) is 2.60. The van der Waals surface area contributed by atoms with Gasteiger partial charge in [0.15, 0.2) is 0 Å². The highest BCUT2D eigenvalue weighted by Crippen LogP contribution is 2.28. The summed E-state index contributed by atoms with van der Waals surface area (Å²) in [6.45, 7) is 0.936. The van der Waals surface area contributed by atoms with Gasteiger partial charge in [0.25, 0.3) is 0 Å². The first kappa shape index (κ1) is 13.8. The normalized spacial score (nSPS) is 13.5. The van der Waals surface area contributed by atoms with Gasteiger partial charge in [-0.25, -0.2) is 0 Å². The van der Waals surface area contributed by atoms with Crippen molar-refractivity contribution in [3.63, 3.8) is 0 Å². The zero-order valence-corrected chi connectivity index (χ0v) is 9.96. The smallest absolute Gasteiger partial charge is 0.365 e. The van der Waals surface area contributed by atoms with Crippen LogP contribution < -0.4 is 10.6 Å². The number of benzene rings is 1. The molecule has 0 fully saturated rings. The van der Waals surface area contributed by atoms with Crippen LogP contribution in [0.1, 0.15) is 24.9 Å². The van der Waals surface area contributed by atoms with Crippen molar-refractivity contribution in [3.8, 4) is 0 Å². The fourth-order valence-electron chi connectivity index (χ4n) is 1.72. The minimum Gasteiger partial charge on any atom is -0.365 e. The van der Waals surface area contributed by atoms with Crippen LogP contribution in [0.15, 0.2) is 24.3 Å². The number of halogens is 3. The maximum absolute atomic E-state index is 12.3. The third-order valence-electron chi connectivity index (χ3n) is 2.60. The van der Waals surface area contributed by atoms with E-state index in [2.05, 4.69) is 0 Å². The van der Waals surface area contributed by atoms with Crippen LogP contribution in [-0.2, 0) is 0 Å². The molecule has 0 aliphatic rings. The Kier molecular flexibility index (Phi) is 4.40. The number of anilines is 1. The number of rotatable bonds is 4. The Morgan fingerprint density at radius 1 is 1.29 bits per heavy atom. The van der Waals surface area contributed by atoms with Crippen LogP contribution in [0, 0.1) is 0 Å². The fourth-order valence-corrected chi connectivity index (χ4v) is 1.72. The van der Waals surface area contributed by atoms with Gasteiger partial charge in [-0.05, 0) is 18.1 Å². The number of nitrogens with zero attached hydrogens (tertiary/aromatic N) is 1. The second kappa shape index (κ2) is 5.40. The minimum atomic E-state index is -4.21. The molecule has 0 saturated heterocycles. The van der Waals surface area contributed by atoms with Gasteiger partial charge in [-0.15, -0.1) is 0 Å². The molecule has 1 aromatic rings. The predicted molar refractivity (Wildman–Crippen MR) is 63.0 cm³/mol. The molecule has 1 rings (SSSR count). The van der Waals surface area contributed by atoms with E-state index < -0.39 is 12.7 Å². The Morgan fingerprint density at radius 2 is 1.88 bits per heavy atom. The quantitative estimate of drug-likeness (QED) is 0.884. The van der Waals surface area contributed by atoms with Gasteiger partial charge in [-0.2, -0.15) is 13.2 Å². The van der Waals surface area contributed by atoms with Crippen LogP contribution in [0.5, 0.6) is 0 Å². The summed E-state index contributed by atoms with van der Waals surface area (Å²) in [6, 6.07) is 6.71. The van der Waals surface area contributed by atoms with Gasteiger partial charge in [0.05, 0.1) is 0 Å². The van der Waals surface area contributed by atoms with Crippen molar-refractivity contribution in [2.24, 2.45) is 5.73 Å². The summed E-state index contributed by atoms with van der Waals surface area (Å²) < 4.78 is 37.0. The lowest BCUT2D eigenvalue weighted by atomic mass is 10.0. The van der Waals surface area contributed by atoms with E-state index in [-0.39, 0.29) is 6.04 Å². The Balaban J connectivity index is 2.97. The number of nitrogens with two attached hydrogens (primary N) is 1.